The summed E-state index contributed by atoms with van der Waals surface area (Å²) in [5, 5.41) is 0. The lowest BCUT2D eigenvalue weighted by Crippen LogP contribution is -2.22. The predicted molar refractivity (Wildman–Crippen MR) is 104 cm³/mol. The second-order valence-corrected chi connectivity index (χ2v) is 6.31. The molecule has 4 heterocycles. The van der Waals surface area contributed by atoms with Crippen molar-refractivity contribution >= 4 is 11.6 Å². The number of aryl methyl sites for hydroxylation is 1. The van der Waals surface area contributed by atoms with Gasteiger partial charge in [0.1, 0.15) is 12.1 Å². The third kappa shape index (κ3) is 3.28. The minimum Gasteiger partial charge on any atom is -0.449 e. The van der Waals surface area contributed by atoms with E-state index in [-0.39, 0.29) is 0 Å². The zero-order valence-electron chi connectivity index (χ0n) is 15.8. The average Bonchev–Trinajstić information content (AvgIpc) is 3.27. The van der Waals surface area contributed by atoms with Crippen LogP contribution < -0.4 is 4.90 Å². The van der Waals surface area contributed by atoms with Crippen LogP contribution in [-0.4, -0.2) is 37.4 Å². The number of hydrogen-bond acceptors (Lipinski definition) is 6. The van der Waals surface area contributed by atoms with E-state index in [1.807, 2.05) is 35.9 Å². The van der Waals surface area contributed by atoms with E-state index in [1.54, 1.807) is 12.5 Å². The van der Waals surface area contributed by atoms with Gasteiger partial charge in [-0.25, -0.2) is 19.9 Å². The van der Waals surface area contributed by atoms with E-state index in [0.717, 1.165) is 41.6 Å². The Morgan fingerprint density at radius 1 is 1.11 bits per heavy atom. The van der Waals surface area contributed by atoms with Gasteiger partial charge in [-0.15, -0.1) is 0 Å². The van der Waals surface area contributed by atoms with E-state index in [1.165, 1.54) is 0 Å². The summed E-state index contributed by atoms with van der Waals surface area (Å²) in [5.41, 5.74) is 3.72. The van der Waals surface area contributed by atoms with Crippen molar-refractivity contribution in [3.8, 4) is 11.3 Å². The topological polar surface area (TPSA) is 72.4 Å². The van der Waals surface area contributed by atoms with Crippen molar-refractivity contribution in [1.82, 2.24) is 24.3 Å². The van der Waals surface area contributed by atoms with Crippen LogP contribution in [0.1, 0.15) is 31.1 Å². The van der Waals surface area contributed by atoms with Gasteiger partial charge < -0.3 is 9.32 Å². The first-order valence-corrected chi connectivity index (χ1v) is 9.14. The van der Waals surface area contributed by atoms with Gasteiger partial charge in [0.25, 0.3) is 0 Å². The molecule has 0 aromatic carbocycles. The number of oxazole rings is 1. The number of anilines is 1. The number of nitrogens with zero attached hydrogens (tertiary/aromatic N) is 6. The van der Waals surface area contributed by atoms with Gasteiger partial charge in [0, 0.05) is 50.6 Å². The highest BCUT2D eigenvalue weighted by Crippen LogP contribution is 2.26. The van der Waals surface area contributed by atoms with Crippen LogP contribution in [0.15, 0.2) is 47.5 Å². The zero-order chi connectivity index (χ0) is 18.8. The second kappa shape index (κ2) is 7.19. The highest BCUT2D eigenvalue weighted by molar-refractivity contribution is 5.66. The molecule has 0 saturated heterocycles. The Morgan fingerprint density at radius 2 is 1.96 bits per heavy atom. The van der Waals surface area contributed by atoms with Crippen LogP contribution >= 0.6 is 0 Å². The minimum atomic E-state index is 0.608. The largest absolute Gasteiger partial charge is 0.449 e. The van der Waals surface area contributed by atoms with Crippen molar-refractivity contribution in [1.29, 1.82) is 0 Å². The predicted octanol–water partition coefficient (Wildman–Crippen LogP) is 3.52. The van der Waals surface area contributed by atoms with Crippen molar-refractivity contribution < 1.29 is 4.42 Å². The summed E-state index contributed by atoms with van der Waals surface area (Å²) in [6.07, 6.45) is 7.90. The van der Waals surface area contributed by atoms with Crippen LogP contribution in [0.4, 0.5) is 5.82 Å². The van der Waals surface area contributed by atoms with Crippen LogP contribution in [0, 0.1) is 6.92 Å². The van der Waals surface area contributed by atoms with Crippen molar-refractivity contribution in [2.45, 2.75) is 27.2 Å². The lowest BCUT2D eigenvalue weighted by molar-refractivity contribution is 0.520. The van der Waals surface area contributed by atoms with E-state index in [9.17, 15) is 0 Å². The Balaban J connectivity index is 1.77. The summed E-state index contributed by atoms with van der Waals surface area (Å²) < 4.78 is 7.36. The molecule has 0 unspecified atom stereocenters. The standard InChI is InChI=1S/C20H22N6O/c1-4-25(5-2)18-8-7-15(12-22-18)19-17(11-16-13-27-14(3)23-16)26-10-6-9-21-20(26)24-19/h6-10,12-13H,4-5,11H2,1-3H3. The molecule has 0 radical (unpaired) electrons. The minimum absolute atomic E-state index is 0.608. The number of hydrogen-bond donors (Lipinski definition) is 0. The molecular formula is C20H22N6O. The van der Waals surface area contributed by atoms with Gasteiger partial charge in [0.05, 0.1) is 17.1 Å². The SMILES string of the molecule is CCN(CC)c1ccc(-c2nc3ncccn3c2Cc2coc(C)n2)cn1. The third-order valence-electron chi connectivity index (χ3n) is 4.63. The highest BCUT2D eigenvalue weighted by Gasteiger charge is 2.17. The van der Waals surface area contributed by atoms with Gasteiger partial charge >= 0.3 is 0 Å². The molecule has 4 aromatic heterocycles. The smallest absolute Gasteiger partial charge is 0.234 e. The van der Waals surface area contributed by atoms with Crippen LogP contribution in [0.5, 0.6) is 0 Å². The molecule has 4 rings (SSSR count). The fraction of sp³-hybridized carbons (Fsp3) is 0.300. The van der Waals surface area contributed by atoms with Crippen molar-refractivity contribution in [3.05, 3.63) is 60.3 Å². The molecular weight excluding hydrogens is 340 g/mol. The second-order valence-electron chi connectivity index (χ2n) is 6.31. The molecule has 0 aliphatic heterocycles. The fourth-order valence-electron chi connectivity index (χ4n) is 3.26. The Bertz CT molecular complexity index is 1050. The maximum Gasteiger partial charge on any atom is 0.234 e. The molecule has 0 amide bonds. The Morgan fingerprint density at radius 3 is 2.63 bits per heavy atom. The molecule has 27 heavy (non-hydrogen) atoms. The third-order valence-corrected chi connectivity index (χ3v) is 4.63. The van der Waals surface area contributed by atoms with E-state index in [0.29, 0.717) is 18.1 Å². The zero-order valence-corrected chi connectivity index (χ0v) is 15.8. The molecule has 7 nitrogen and oxygen atoms in total. The number of rotatable bonds is 6. The number of imidazole rings is 1. The van der Waals surface area contributed by atoms with E-state index >= 15 is 0 Å². The summed E-state index contributed by atoms with van der Waals surface area (Å²) in [6, 6.07) is 6.02. The van der Waals surface area contributed by atoms with Crippen molar-refractivity contribution in [2.75, 3.05) is 18.0 Å². The molecule has 7 heteroatoms. The molecule has 0 spiro atoms. The summed E-state index contributed by atoms with van der Waals surface area (Å²) in [6.45, 7) is 7.96. The maximum atomic E-state index is 5.36. The first-order chi connectivity index (χ1) is 13.2. The van der Waals surface area contributed by atoms with Gasteiger partial charge in [-0.05, 0) is 32.0 Å². The maximum absolute atomic E-state index is 5.36. The van der Waals surface area contributed by atoms with Gasteiger partial charge in [-0.2, -0.15) is 0 Å². The summed E-state index contributed by atoms with van der Waals surface area (Å²) >= 11 is 0. The Kier molecular flexibility index (Phi) is 4.58. The monoisotopic (exact) mass is 362 g/mol. The number of aromatic nitrogens is 5. The van der Waals surface area contributed by atoms with Crippen LogP contribution in [-0.2, 0) is 6.42 Å². The Hall–Kier alpha value is -3.22. The number of pyridine rings is 1. The van der Waals surface area contributed by atoms with E-state index < -0.39 is 0 Å². The molecule has 4 aromatic rings. The number of fused-ring (bicyclic) bond motifs is 1. The molecule has 0 aliphatic carbocycles. The van der Waals surface area contributed by atoms with Gasteiger partial charge in [-0.1, -0.05) is 0 Å². The molecule has 0 N–H and O–H groups in total. The molecule has 0 saturated carbocycles. The molecule has 0 atom stereocenters. The van der Waals surface area contributed by atoms with Gasteiger partial charge in [0.15, 0.2) is 5.89 Å². The lowest BCUT2D eigenvalue weighted by Gasteiger charge is -2.19. The highest BCUT2D eigenvalue weighted by atomic mass is 16.3. The normalized spacial score (nSPS) is 11.2. The summed E-state index contributed by atoms with van der Waals surface area (Å²) in [5.74, 6) is 2.29. The van der Waals surface area contributed by atoms with Crippen LogP contribution in [0.25, 0.3) is 17.0 Å². The molecule has 0 fully saturated rings. The average molecular weight is 362 g/mol. The first kappa shape index (κ1) is 17.2. The molecule has 138 valence electrons. The van der Waals surface area contributed by atoms with E-state index in [4.69, 9.17) is 9.40 Å². The lowest BCUT2D eigenvalue weighted by atomic mass is 10.1. The van der Waals surface area contributed by atoms with Crippen LogP contribution in [0.2, 0.25) is 0 Å². The van der Waals surface area contributed by atoms with Crippen molar-refractivity contribution in [3.63, 3.8) is 0 Å². The van der Waals surface area contributed by atoms with Crippen LogP contribution in [0.3, 0.4) is 0 Å². The first-order valence-electron chi connectivity index (χ1n) is 9.14. The van der Waals surface area contributed by atoms with E-state index in [2.05, 4.69) is 39.8 Å². The van der Waals surface area contributed by atoms with Crippen molar-refractivity contribution in [2.24, 2.45) is 0 Å². The Labute approximate surface area is 157 Å². The quantitative estimate of drug-likeness (QED) is 0.522. The molecule has 0 aliphatic rings. The summed E-state index contributed by atoms with van der Waals surface area (Å²) in [7, 11) is 0. The van der Waals surface area contributed by atoms with Gasteiger partial charge in [0.2, 0.25) is 5.78 Å². The van der Waals surface area contributed by atoms with Gasteiger partial charge in [-0.3, -0.25) is 4.40 Å². The molecule has 0 bridgehead atoms. The summed E-state index contributed by atoms with van der Waals surface area (Å²) in [4.78, 5) is 20.4. The fourth-order valence-corrected chi connectivity index (χ4v) is 3.26.